The van der Waals surface area contributed by atoms with Gasteiger partial charge in [0, 0.05) is 30.6 Å². The zero-order chi connectivity index (χ0) is 18.4. The summed E-state index contributed by atoms with van der Waals surface area (Å²) in [6.07, 6.45) is 3.93. The summed E-state index contributed by atoms with van der Waals surface area (Å²) >= 11 is 6.36. The fourth-order valence-electron chi connectivity index (χ4n) is 2.50. The highest BCUT2D eigenvalue weighted by atomic mass is 35.5. The number of aryl methyl sites for hydroxylation is 1. The second-order valence-corrected chi connectivity index (χ2v) is 7.85. The van der Waals surface area contributed by atoms with E-state index in [1.54, 1.807) is 6.08 Å². The van der Waals surface area contributed by atoms with Crippen molar-refractivity contribution in [3.8, 4) is 0 Å². The number of carbonyl (C=O) groups excluding carboxylic acids is 1. The number of halogens is 1. The van der Waals surface area contributed by atoms with Gasteiger partial charge < -0.3 is 5.10 Å². The summed E-state index contributed by atoms with van der Waals surface area (Å²) in [6, 6.07) is 2.59. The first-order chi connectivity index (χ1) is 11.7. The number of hydrogen-bond acceptors (Lipinski definition) is 6. The predicted octanol–water partition coefficient (Wildman–Crippen LogP) is 0.877. The molecule has 0 spiro atoms. The average molecular weight is 384 g/mol. The first-order valence-corrected chi connectivity index (χ1v) is 9.38. The van der Waals surface area contributed by atoms with Crippen molar-refractivity contribution in [1.82, 2.24) is 15.3 Å². The first kappa shape index (κ1) is 17.5. The zero-order valence-electron chi connectivity index (χ0n) is 13.3. The van der Waals surface area contributed by atoms with Crippen molar-refractivity contribution in [2.24, 2.45) is 7.05 Å². The van der Waals surface area contributed by atoms with Crippen LogP contribution in [0.3, 0.4) is 0 Å². The number of carbonyl (C=O) groups is 1. The number of hydrogen-bond donors (Lipinski definition) is 2. The Bertz CT molecular complexity index is 1070. The Morgan fingerprint density at radius 2 is 2.04 bits per heavy atom. The van der Waals surface area contributed by atoms with Gasteiger partial charge in [-0.25, -0.2) is 8.42 Å². The molecule has 0 unspecified atom stereocenters. The molecule has 8 nitrogen and oxygen atoms in total. The van der Waals surface area contributed by atoms with Crippen molar-refractivity contribution in [2.45, 2.75) is 4.90 Å². The molecule has 10 heteroatoms. The van der Waals surface area contributed by atoms with Crippen LogP contribution in [0.5, 0.6) is 0 Å². The fraction of sp³-hybridized carbons (Fsp3) is 0.200. The van der Waals surface area contributed by atoms with Crippen molar-refractivity contribution < 1.29 is 18.0 Å². The van der Waals surface area contributed by atoms with Gasteiger partial charge >= 0.3 is 0 Å². The molecular formula is C15H14ClN3O5S. The first-order valence-electron chi connectivity index (χ1n) is 7.12. The molecule has 0 fully saturated rings. The van der Waals surface area contributed by atoms with Gasteiger partial charge in [-0.3, -0.25) is 24.6 Å². The number of nitrogens with one attached hydrogen (secondary N) is 2. The minimum Gasteiger partial charge on any atom is -0.302 e. The molecule has 2 N–H and O–H groups in total. The van der Waals surface area contributed by atoms with Crippen molar-refractivity contribution >= 4 is 32.9 Å². The van der Waals surface area contributed by atoms with E-state index >= 15 is 0 Å². The molecule has 3 rings (SSSR count). The molecule has 132 valence electrons. The van der Waals surface area contributed by atoms with E-state index in [0.717, 1.165) is 10.9 Å². The number of rotatable bonds is 4. The number of H-pyrrole nitrogens is 1. The summed E-state index contributed by atoms with van der Waals surface area (Å²) in [7, 11) is -2.13. The molecule has 25 heavy (non-hydrogen) atoms. The maximum Gasteiger partial charge on any atom is 0.277 e. The van der Waals surface area contributed by atoms with Gasteiger partial charge in [0.25, 0.3) is 5.56 Å². The normalized spacial score (nSPS) is 14.3. The molecule has 1 aromatic heterocycles. The van der Waals surface area contributed by atoms with Crippen LogP contribution in [-0.4, -0.2) is 36.8 Å². The molecule has 0 saturated heterocycles. The molecule has 0 radical (unpaired) electrons. The minimum absolute atomic E-state index is 0.0235. The zero-order valence-corrected chi connectivity index (χ0v) is 14.9. The molecule has 2 aromatic rings. The maximum atomic E-state index is 12.7. The predicted molar refractivity (Wildman–Crippen MR) is 91.1 cm³/mol. The third-order valence-electron chi connectivity index (χ3n) is 3.75. The third kappa shape index (κ3) is 3.01. The molecule has 1 aliphatic rings. The van der Waals surface area contributed by atoms with Gasteiger partial charge in [-0.2, -0.15) is 0 Å². The van der Waals surface area contributed by atoms with Crippen LogP contribution in [0.25, 0.3) is 5.70 Å². The summed E-state index contributed by atoms with van der Waals surface area (Å²) in [5.41, 5.74) is 2.49. The van der Waals surface area contributed by atoms with Gasteiger partial charge in [-0.1, -0.05) is 11.6 Å². The number of benzene rings is 1. The second-order valence-electron chi connectivity index (χ2n) is 5.48. The van der Waals surface area contributed by atoms with Gasteiger partial charge in [0.15, 0.2) is 9.84 Å². The molecule has 1 aromatic carbocycles. The highest BCUT2D eigenvalue weighted by Gasteiger charge is 2.27. The molecule has 0 bridgehead atoms. The lowest BCUT2D eigenvalue weighted by atomic mass is 10.0. The lowest BCUT2D eigenvalue weighted by Gasteiger charge is -2.14. The van der Waals surface area contributed by atoms with Crippen LogP contribution in [0, 0.1) is 0 Å². The van der Waals surface area contributed by atoms with Crippen LogP contribution >= 0.6 is 11.6 Å². The van der Waals surface area contributed by atoms with Gasteiger partial charge in [0.2, 0.25) is 5.78 Å². The van der Waals surface area contributed by atoms with Gasteiger partial charge in [-0.05, 0) is 18.2 Å². The minimum atomic E-state index is -3.61. The summed E-state index contributed by atoms with van der Waals surface area (Å²) in [5.74, 6) is -0.604. The second kappa shape index (κ2) is 6.17. The number of hydroxylamine groups is 1. The van der Waals surface area contributed by atoms with E-state index in [1.165, 1.54) is 25.4 Å². The molecule has 0 saturated carbocycles. The Morgan fingerprint density at radius 3 is 2.56 bits per heavy atom. The fourth-order valence-corrected chi connectivity index (χ4v) is 3.81. The van der Waals surface area contributed by atoms with E-state index in [1.807, 2.05) is 0 Å². The summed E-state index contributed by atoms with van der Waals surface area (Å²) in [5, 5.41) is 2.54. The lowest BCUT2D eigenvalue weighted by molar-refractivity contribution is 0.103. The van der Waals surface area contributed by atoms with Crippen LogP contribution in [0.15, 0.2) is 34.1 Å². The Morgan fingerprint density at radius 1 is 1.32 bits per heavy atom. The largest absolute Gasteiger partial charge is 0.302 e. The van der Waals surface area contributed by atoms with E-state index in [0.29, 0.717) is 5.70 Å². The number of aromatic nitrogens is 2. The SMILES string of the molecule is Cn1[nH]cc(C(=O)c2ccc(S(C)(=O)=O)c(C3=CCON3)c2Cl)c1=O. The lowest BCUT2D eigenvalue weighted by Crippen LogP contribution is -2.20. The van der Waals surface area contributed by atoms with Crippen LogP contribution in [0.2, 0.25) is 5.02 Å². The van der Waals surface area contributed by atoms with Gasteiger partial charge in [0.05, 0.1) is 22.2 Å². The molecular weight excluding hydrogens is 370 g/mol. The molecule has 2 heterocycles. The third-order valence-corrected chi connectivity index (χ3v) is 5.28. The Labute approximate surface area is 147 Å². The molecule has 0 amide bonds. The molecule has 0 atom stereocenters. The summed E-state index contributed by atoms with van der Waals surface area (Å²) < 4.78 is 25.3. The monoisotopic (exact) mass is 383 g/mol. The molecule has 1 aliphatic heterocycles. The smallest absolute Gasteiger partial charge is 0.277 e. The number of nitrogens with zero attached hydrogens (tertiary/aromatic N) is 1. The summed E-state index contributed by atoms with van der Waals surface area (Å²) in [4.78, 5) is 29.6. The molecule has 0 aliphatic carbocycles. The number of aromatic amines is 1. The highest BCUT2D eigenvalue weighted by molar-refractivity contribution is 7.90. The Balaban J connectivity index is 2.23. The van der Waals surface area contributed by atoms with Crippen LogP contribution in [0.4, 0.5) is 0 Å². The van der Waals surface area contributed by atoms with Gasteiger partial charge in [0.1, 0.15) is 5.56 Å². The van der Waals surface area contributed by atoms with E-state index < -0.39 is 21.2 Å². The number of sulfone groups is 1. The van der Waals surface area contributed by atoms with E-state index in [9.17, 15) is 18.0 Å². The van der Waals surface area contributed by atoms with Gasteiger partial charge in [-0.15, -0.1) is 0 Å². The van der Waals surface area contributed by atoms with Crippen molar-refractivity contribution in [2.75, 3.05) is 12.9 Å². The van der Waals surface area contributed by atoms with Crippen molar-refractivity contribution in [3.63, 3.8) is 0 Å². The van der Waals surface area contributed by atoms with E-state index in [2.05, 4.69) is 10.6 Å². The maximum absolute atomic E-state index is 12.7. The van der Waals surface area contributed by atoms with Crippen molar-refractivity contribution in [1.29, 1.82) is 0 Å². The Hall–Kier alpha value is -2.36. The van der Waals surface area contributed by atoms with E-state index in [4.69, 9.17) is 16.4 Å². The van der Waals surface area contributed by atoms with Crippen LogP contribution in [-0.2, 0) is 21.7 Å². The summed E-state index contributed by atoms with van der Waals surface area (Å²) in [6.45, 7) is 0.228. The topological polar surface area (TPSA) is 110 Å². The van der Waals surface area contributed by atoms with E-state index in [-0.39, 0.29) is 33.2 Å². The standard InChI is InChI=1S/C15H14ClN3O5S/c1-19-15(21)9(7-17-19)14(20)8-3-4-11(25(2,22)23)12(13(8)16)10-5-6-24-18-10/h3-5,7,17-18H,6H2,1-2H3. The quantitative estimate of drug-likeness (QED) is 0.758. The average Bonchev–Trinajstić information content (AvgIpc) is 3.17. The van der Waals surface area contributed by atoms with Crippen LogP contribution < -0.4 is 11.0 Å². The number of ketones is 1. The van der Waals surface area contributed by atoms with Crippen LogP contribution in [0.1, 0.15) is 21.5 Å². The van der Waals surface area contributed by atoms with Crippen molar-refractivity contribution in [3.05, 3.63) is 56.5 Å². The highest BCUT2D eigenvalue weighted by Crippen LogP contribution is 2.34. The Kier molecular flexibility index (Phi) is 4.31.